The summed E-state index contributed by atoms with van der Waals surface area (Å²) in [5, 5.41) is 0. The van der Waals surface area contributed by atoms with Crippen molar-refractivity contribution in [1.29, 1.82) is 0 Å². The molecule has 0 aromatic heterocycles. The fourth-order valence-electron chi connectivity index (χ4n) is 10.1. The van der Waals surface area contributed by atoms with Crippen LogP contribution in [-0.4, -0.2) is 88.7 Å². The number of anilines is 6. The average Bonchev–Trinajstić information content (AvgIpc) is 1.97. The number of aryl methyl sites for hydroxylation is 2. The van der Waals surface area contributed by atoms with Gasteiger partial charge in [0.1, 0.15) is 23.0 Å². The van der Waals surface area contributed by atoms with Crippen LogP contribution in [0, 0.1) is 0 Å². The summed E-state index contributed by atoms with van der Waals surface area (Å²) in [6.45, 7) is 12.2. The molecule has 8 aromatic carbocycles. The highest BCUT2D eigenvalue weighted by atomic mass is 28.4. The van der Waals surface area contributed by atoms with Gasteiger partial charge in [-0.15, -0.1) is 0 Å². The zero-order chi connectivity index (χ0) is 61.9. The molecule has 454 valence electrons. The molecular formula is C72H88N2O10Si2. The van der Waals surface area contributed by atoms with Gasteiger partial charge in [0.05, 0.1) is 28.4 Å². The van der Waals surface area contributed by atoms with Gasteiger partial charge in [-0.25, -0.2) is 0 Å². The van der Waals surface area contributed by atoms with Crippen molar-refractivity contribution in [2.45, 2.75) is 63.5 Å². The van der Waals surface area contributed by atoms with Gasteiger partial charge in [-0.1, -0.05) is 112 Å². The fraction of sp³-hybridized carbons (Fsp3) is 0.278. The van der Waals surface area contributed by atoms with E-state index in [9.17, 15) is 0 Å². The van der Waals surface area contributed by atoms with Crippen molar-refractivity contribution in [2.24, 2.45) is 0 Å². The van der Waals surface area contributed by atoms with Gasteiger partial charge in [-0.3, -0.25) is 0 Å². The normalized spacial score (nSPS) is 11.8. The molecule has 8 rings (SSSR count). The summed E-state index contributed by atoms with van der Waals surface area (Å²) in [4.78, 5) is 4.44. The zero-order valence-corrected chi connectivity index (χ0v) is 54.4. The molecule has 0 bridgehead atoms. The molecule has 0 saturated heterocycles. The summed E-state index contributed by atoms with van der Waals surface area (Å²) < 4.78 is 54.2. The maximum atomic E-state index is 5.58. The second-order valence-electron chi connectivity index (χ2n) is 20.4. The third-order valence-corrected chi connectivity index (χ3v) is 21.0. The molecular weight excluding hydrogens is 1110 g/mol. The van der Waals surface area contributed by atoms with Crippen LogP contribution in [0.15, 0.2) is 207 Å². The Bertz CT molecular complexity index is 3100. The van der Waals surface area contributed by atoms with Gasteiger partial charge in [-0.2, -0.15) is 0 Å². The van der Waals surface area contributed by atoms with Crippen LogP contribution in [-0.2, 0) is 39.4 Å². The van der Waals surface area contributed by atoms with Gasteiger partial charge in [-0.05, 0) is 192 Å². The summed E-state index contributed by atoms with van der Waals surface area (Å²) in [5.74, 6) is 4.24. The first-order valence-corrected chi connectivity index (χ1v) is 32.8. The lowest BCUT2D eigenvalue weighted by atomic mass is 9.84. The molecule has 0 amide bonds. The van der Waals surface area contributed by atoms with Crippen molar-refractivity contribution in [3.8, 4) is 23.0 Å². The Labute approximate surface area is 514 Å². The summed E-state index contributed by atoms with van der Waals surface area (Å²) in [7, 11) is 11.6. The lowest BCUT2D eigenvalue weighted by Gasteiger charge is -2.27. The lowest BCUT2D eigenvalue weighted by Crippen LogP contribution is -2.43. The zero-order valence-electron chi connectivity index (χ0n) is 52.4. The molecule has 0 heterocycles. The van der Waals surface area contributed by atoms with Crippen LogP contribution in [0.1, 0.15) is 71.9 Å². The average molecular weight is 1200 g/mol. The van der Waals surface area contributed by atoms with Crippen molar-refractivity contribution < 1.29 is 45.5 Å². The van der Waals surface area contributed by atoms with E-state index in [1.54, 1.807) is 71.1 Å². The van der Waals surface area contributed by atoms with E-state index in [0.717, 1.165) is 106 Å². The third-order valence-electron chi connectivity index (χ3n) is 15.5. The highest BCUT2D eigenvalue weighted by molar-refractivity contribution is 6.61. The quantitative estimate of drug-likeness (QED) is 0.0418. The van der Waals surface area contributed by atoms with Gasteiger partial charge in [0, 0.05) is 88.9 Å². The van der Waals surface area contributed by atoms with Crippen molar-refractivity contribution >= 4 is 63.9 Å². The van der Waals surface area contributed by atoms with E-state index in [-0.39, 0.29) is 0 Å². The first kappa shape index (κ1) is 67.4. The molecule has 0 aliphatic carbocycles. The Morgan fingerprint density at radius 2 is 0.616 bits per heavy atom. The van der Waals surface area contributed by atoms with Crippen LogP contribution >= 0.6 is 0 Å². The first-order valence-electron chi connectivity index (χ1n) is 28.9. The van der Waals surface area contributed by atoms with Crippen LogP contribution in [0.5, 0.6) is 23.0 Å². The monoisotopic (exact) mass is 1200 g/mol. The number of hydrogen-bond acceptors (Lipinski definition) is 12. The summed E-state index contributed by atoms with van der Waals surface area (Å²) in [6, 6.07) is 68.5. The van der Waals surface area contributed by atoms with Crippen molar-refractivity contribution in [2.75, 3.05) is 80.9 Å². The topological polar surface area (TPSA) is 98.8 Å². The predicted octanol–water partition coefficient (Wildman–Crippen LogP) is 17.8. The maximum absolute atomic E-state index is 5.58. The Morgan fingerprint density at radius 1 is 0.360 bits per heavy atom. The molecule has 0 saturated carbocycles. The van der Waals surface area contributed by atoms with Crippen molar-refractivity contribution in [3.63, 3.8) is 0 Å². The molecule has 2 atom stereocenters. The first-order chi connectivity index (χ1) is 41.8. The Balaban J connectivity index is 0.000000235. The molecule has 0 aliphatic rings. The van der Waals surface area contributed by atoms with Crippen LogP contribution < -0.4 is 28.7 Å². The van der Waals surface area contributed by atoms with E-state index in [0.29, 0.717) is 11.8 Å². The van der Waals surface area contributed by atoms with Gasteiger partial charge >= 0.3 is 17.6 Å². The molecule has 2 unspecified atom stereocenters. The third kappa shape index (κ3) is 18.6. The number of hydrogen-bond donors (Lipinski definition) is 0. The molecule has 8 aromatic rings. The van der Waals surface area contributed by atoms with Gasteiger partial charge < -0.3 is 55.3 Å². The minimum absolute atomic E-state index is 0.439. The van der Waals surface area contributed by atoms with E-state index in [4.69, 9.17) is 45.5 Å². The minimum atomic E-state index is -2.57. The fourth-order valence-corrected chi connectivity index (χ4v) is 13.5. The van der Waals surface area contributed by atoms with Crippen molar-refractivity contribution in [3.05, 3.63) is 241 Å². The Morgan fingerprint density at radius 3 is 0.884 bits per heavy atom. The van der Waals surface area contributed by atoms with Crippen LogP contribution in [0.25, 0.3) is 12.2 Å². The van der Waals surface area contributed by atoms with Crippen molar-refractivity contribution in [1.82, 2.24) is 0 Å². The lowest BCUT2D eigenvalue weighted by molar-refractivity contribution is 0.123. The number of ether oxygens (including phenoxy) is 4. The maximum Gasteiger partial charge on any atom is 0.500 e. The number of rotatable bonds is 29. The number of benzene rings is 8. The molecule has 0 fully saturated rings. The Hall–Kier alpha value is -7.77. The molecule has 0 aliphatic heterocycles. The smallest absolute Gasteiger partial charge is 0.497 e. The largest absolute Gasteiger partial charge is 0.500 e. The predicted molar refractivity (Wildman–Crippen MR) is 358 cm³/mol. The highest BCUT2D eigenvalue weighted by Crippen LogP contribution is 2.40. The highest BCUT2D eigenvalue weighted by Gasteiger charge is 2.38. The Kier molecular flexibility index (Phi) is 26.9. The molecule has 0 spiro atoms. The SMILES string of the molecule is C=Cc1ccc(CC[Si](OC)(OC)OC)cc1.C=Cc1ccc(N(c2ccc(OC)cc2)c2ccc(OC)cc2)cc1.CCC(CC(C)c1ccc(CC[Si](OC)(OC)OC)cc1)c1ccc(N(c2ccc(OC)cc2)c2ccc(OC)cc2)cc1. The van der Waals surface area contributed by atoms with Gasteiger partial charge in [0.2, 0.25) is 0 Å². The van der Waals surface area contributed by atoms with Gasteiger partial charge in [0.15, 0.2) is 0 Å². The molecule has 14 heteroatoms. The minimum Gasteiger partial charge on any atom is -0.497 e. The second kappa shape index (κ2) is 34.4. The standard InChI is InChI=1S/C37H47NO5Si.C22H21NO2.C13H20O3Si/c1-8-30(27-28(2)31-11-9-29(10-12-31)25-26-44(41-5,42-6)43-7)32-13-15-33(16-14-32)38(34-17-21-36(39-3)22-18-34)35-19-23-37(40-4)24-20-35;1-4-17-5-7-18(8-6-17)23(19-9-13-21(24-2)14-10-19)20-11-15-22(25-3)16-12-20;1-5-12-6-8-13(9-7-12)10-11-17(14-2,15-3)16-4/h9-24,28,30H,8,25-27H2,1-7H3;4-16H,1H2,2-3H3;5-9H,1,10-11H2,2-4H3. The van der Waals surface area contributed by atoms with Crippen LogP contribution in [0.4, 0.5) is 34.1 Å². The van der Waals surface area contributed by atoms with Crippen LogP contribution in [0.2, 0.25) is 12.1 Å². The van der Waals surface area contributed by atoms with E-state index < -0.39 is 17.6 Å². The van der Waals surface area contributed by atoms with E-state index in [1.807, 2.05) is 84.9 Å². The second-order valence-corrected chi connectivity index (χ2v) is 26.6. The van der Waals surface area contributed by atoms with Gasteiger partial charge in [0.25, 0.3) is 0 Å². The summed E-state index contributed by atoms with van der Waals surface area (Å²) in [6.07, 6.45) is 7.60. The molecule has 0 N–H and O–H groups in total. The molecule has 12 nitrogen and oxygen atoms in total. The number of nitrogens with zero attached hydrogens (tertiary/aromatic N) is 2. The summed E-state index contributed by atoms with van der Waals surface area (Å²) >= 11 is 0. The summed E-state index contributed by atoms with van der Waals surface area (Å²) in [5.41, 5.74) is 13.9. The van der Waals surface area contributed by atoms with E-state index >= 15 is 0 Å². The van der Waals surface area contributed by atoms with E-state index in [1.165, 1.54) is 22.3 Å². The molecule has 0 radical (unpaired) electrons. The van der Waals surface area contributed by atoms with E-state index in [2.05, 4.69) is 158 Å². The molecule has 86 heavy (non-hydrogen) atoms. The van der Waals surface area contributed by atoms with Crippen LogP contribution in [0.3, 0.4) is 0 Å². The number of methoxy groups -OCH3 is 4.